The second kappa shape index (κ2) is 5.60. The van der Waals surface area contributed by atoms with Gasteiger partial charge in [-0.3, -0.25) is 0 Å². The molecular weight excluding hydrogens is 317 g/mol. The lowest BCUT2D eigenvalue weighted by atomic mass is 9.83. The minimum Gasteiger partial charge on any atom is -0.0847 e. The molecule has 0 saturated carbocycles. The van der Waals surface area contributed by atoms with Crippen molar-refractivity contribution >= 4 is 29.4 Å². The molecule has 123 valence electrons. The van der Waals surface area contributed by atoms with Crippen LogP contribution in [0.25, 0.3) is 0 Å². The van der Waals surface area contributed by atoms with Gasteiger partial charge in [0.25, 0.3) is 0 Å². The maximum Gasteiger partial charge on any atom is 0.0492 e. The van der Waals surface area contributed by atoms with E-state index in [1.807, 2.05) is 5.54 Å². The molecule has 0 N–H and O–H groups in total. The van der Waals surface area contributed by atoms with Crippen molar-refractivity contribution in [1.82, 2.24) is 0 Å². The van der Waals surface area contributed by atoms with E-state index in [1.165, 1.54) is 12.8 Å². The summed E-state index contributed by atoms with van der Waals surface area (Å²) in [5.74, 6) is 0. The normalized spacial score (nSPS) is 21.7. The molecule has 0 atom stereocenters. The molecule has 0 nitrogen and oxygen atoms in total. The number of hydrogen-bond acceptors (Lipinski definition) is 0. The highest BCUT2D eigenvalue weighted by molar-refractivity contribution is 7.91. The third kappa shape index (κ3) is 3.43. The van der Waals surface area contributed by atoms with Crippen LogP contribution in [0.3, 0.4) is 0 Å². The summed E-state index contributed by atoms with van der Waals surface area (Å²) in [7, 11) is -3.50. The minimum absolute atomic E-state index is 0.419. The zero-order valence-corrected chi connectivity index (χ0v) is 20.6. The van der Waals surface area contributed by atoms with E-state index >= 15 is 0 Å². The van der Waals surface area contributed by atoms with Gasteiger partial charge in [0.1, 0.15) is 0 Å². The fourth-order valence-electron chi connectivity index (χ4n) is 6.08. The molecule has 0 unspecified atom stereocenters. The Labute approximate surface area is 138 Å². The lowest BCUT2D eigenvalue weighted by Crippen LogP contribution is -2.85. The fraction of sp³-hybridized carbons (Fsp3) is 0.824. The van der Waals surface area contributed by atoms with Gasteiger partial charge in [-0.05, 0) is 23.8 Å². The topological polar surface area (TPSA) is 0 Å². The highest BCUT2D eigenvalue weighted by Gasteiger charge is 2.64. The smallest absolute Gasteiger partial charge is 0.0492 e. The zero-order valence-electron chi connectivity index (χ0n) is 16.6. The van der Waals surface area contributed by atoms with Crippen molar-refractivity contribution in [2.75, 3.05) is 0 Å². The molecule has 0 aliphatic heterocycles. The quantitative estimate of drug-likeness (QED) is 0.528. The van der Waals surface area contributed by atoms with Crippen molar-refractivity contribution < 1.29 is 0 Å². The summed E-state index contributed by atoms with van der Waals surface area (Å²) < 4.78 is 0. The molecule has 0 heterocycles. The zero-order chi connectivity index (χ0) is 16.9. The van der Waals surface area contributed by atoms with Crippen molar-refractivity contribution in [1.29, 1.82) is 0 Å². The molecule has 0 spiro atoms. The molecule has 0 aromatic heterocycles. The number of hydrogen-bond donors (Lipinski definition) is 0. The van der Waals surface area contributed by atoms with E-state index in [-0.39, 0.29) is 0 Å². The van der Waals surface area contributed by atoms with Crippen LogP contribution in [0.15, 0.2) is 12.2 Å². The van der Waals surface area contributed by atoms with Gasteiger partial charge in [0.2, 0.25) is 0 Å². The van der Waals surface area contributed by atoms with E-state index in [0.717, 1.165) is 0 Å². The molecule has 4 heteroatoms. The van der Waals surface area contributed by atoms with Crippen LogP contribution in [0.5, 0.6) is 0 Å². The molecule has 0 saturated heterocycles. The van der Waals surface area contributed by atoms with E-state index in [0.29, 0.717) is 5.41 Å². The van der Waals surface area contributed by atoms with E-state index < -0.39 is 29.4 Å². The second-order valence-corrected chi connectivity index (χ2v) is 51.2. The number of rotatable bonds is 4. The summed E-state index contributed by atoms with van der Waals surface area (Å²) in [6, 6.07) is 0. The molecule has 1 radical (unpaired) electrons. The van der Waals surface area contributed by atoms with Crippen LogP contribution in [-0.4, -0.2) is 29.4 Å². The SMILES string of the molecule is CC1(C)C=C[C]([Si]([Si](C)(C)C)([Si](C)(C)C)[Si](C)(C)C)CC1. The highest BCUT2D eigenvalue weighted by Crippen LogP contribution is 2.48. The summed E-state index contributed by atoms with van der Waals surface area (Å²) in [6.07, 6.45) is 7.96. The largest absolute Gasteiger partial charge is 0.0847 e. The predicted octanol–water partition coefficient (Wildman–Crippen LogP) is 6.17. The van der Waals surface area contributed by atoms with Gasteiger partial charge in [-0.15, -0.1) is 0 Å². The van der Waals surface area contributed by atoms with Crippen molar-refractivity contribution in [2.24, 2.45) is 5.41 Å². The lowest BCUT2D eigenvalue weighted by Gasteiger charge is -2.61. The standard InChI is InChI=1S/C17H39Si4/c1-17(2)14-12-16(13-15-17)21(18(3,4)5,19(6,7)8)20(9,10)11/h12,14H,13,15H2,1-11H3. The van der Waals surface area contributed by atoms with Crippen LogP contribution in [-0.2, 0) is 0 Å². The third-order valence-electron chi connectivity index (χ3n) is 5.63. The van der Waals surface area contributed by atoms with Crippen LogP contribution in [0.2, 0.25) is 58.9 Å². The van der Waals surface area contributed by atoms with Gasteiger partial charge in [-0.2, -0.15) is 0 Å². The minimum atomic E-state index is -1.32. The van der Waals surface area contributed by atoms with E-state index in [2.05, 4.69) is 84.9 Å². The second-order valence-electron chi connectivity index (χ2n) is 10.8. The van der Waals surface area contributed by atoms with Crippen molar-refractivity contribution in [3.05, 3.63) is 17.7 Å². The Kier molecular flexibility index (Phi) is 5.24. The first-order valence-corrected chi connectivity index (χ1v) is 24.1. The molecule has 1 aliphatic carbocycles. The molecule has 0 aromatic rings. The Morgan fingerprint density at radius 3 is 1.38 bits per heavy atom. The first kappa shape index (κ1) is 19.7. The molecule has 0 fully saturated rings. The van der Waals surface area contributed by atoms with Gasteiger partial charge in [0, 0.05) is 29.4 Å². The van der Waals surface area contributed by atoms with Gasteiger partial charge >= 0.3 is 0 Å². The summed E-state index contributed by atoms with van der Waals surface area (Å²) in [5.41, 5.74) is 2.40. The van der Waals surface area contributed by atoms with Crippen molar-refractivity contribution in [2.45, 2.75) is 85.6 Å². The van der Waals surface area contributed by atoms with Crippen molar-refractivity contribution in [3.63, 3.8) is 0 Å². The Hall–Kier alpha value is 0.608. The maximum absolute atomic E-state index is 2.70. The van der Waals surface area contributed by atoms with Crippen LogP contribution >= 0.6 is 0 Å². The molecule has 21 heavy (non-hydrogen) atoms. The van der Waals surface area contributed by atoms with Crippen molar-refractivity contribution in [3.8, 4) is 0 Å². The Morgan fingerprint density at radius 2 is 1.14 bits per heavy atom. The molecular formula is C17H39Si4. The van der Waals surface area contributed by atoms with Gasteiger partial charge in [0.15, 0.2) is 0 Å². The highest BCUT2D eigenvalue weighted by atomic mass is 29.9. The summed E-state index contributed by atoms with van der Waals surface area (Å²) in [4.78, 5) is 0. The predicted molar refractivity (Wildman–Crippen MR) is 111 cm³/mol. The molecule has 0 amide bonds. The van der Waals surface area contributed by atoms with Crippen LogP contribution in [0.4, 0.5) is 0 Å². The van der Waals surface area contributed by atoms with Gasteiger partial charge < -0.3 is 0 Å². The Balaban J connectivity index is 3.54. The monoisotopic (exact) mass is 355 g/mol. The molecule has 0 aromatic carbocycles. The van der Waals surface area contributed by atoms with Crippen LogP contribution in [0.1, 0.15) is 26.7 Å². The Bertz CT molecular complexity index is 366. The average molecular weight is 356 g/mol. The first-order valence-electron chi connectivity index (χ1n) is 8.62. The fourth-order valence-corrected chi connectivity index (χ4v) is 108. The Morgan fingerprint density at radius 1 is 0.762 bits per heavy atom. The third-order valence-corrected chi connectivity index (χ3v) is 77.4. The van der Waals surface area contributed by atoms with E-state index in [9.17, 15) is 0 Å². The summed E-state index contributed by atoms with van der Waals surface area (Å²) in [6.45, 7) is 27.8. The van der Waals surface area contributed by atoms with Gasteiger partial charge in [-0.25, -0.2) is 0 Å². The molecule has 0 bridgehead atoms. The van der Waals surface area contributed by atoms with E-state index in [1.54, 1.807) is 0 Å². The van der Waals surface area contributed by atoms with Crippen LogP contribution in [0, 0.1) is 11.0 Å². The van der Waals surface area contributed by atoms with Gasteiger partial charge in [-0.1, -0.05) is 84.9 Å². The maximum atomic E-state index is 2.70. The average Bonchev–Trinajstić information content (AvgIpc) is 2.14. The first-order chi connectivity index (χ1) is 9.06. The van der Waals surface area contributed by atoms with Crippen LogP contribution < -0.4 is 0 Å². The lowest BCUT2D eigenvalue weighted by molar-refractivity contribution is 0.422. The van der Waals surface area contributed by atoms with Gasteiger partial charge in [0.05, 0.1) is 0 Å². The number of allylic oxidation sites excluding steroid dienone is 2. The summed E-state index contributed by atoms with van der Waals surface area (Å²) in [5, 5.41) is 0. The summed E-state index contributed by atoms with van der Waals surface area (Å²) >= 11 is 0. The molecule has 1 aliphatic rings. The molecule has 1 rings (SSSR count). The van der Waals surface area contributed by atoms with E-state index in [4.69, 9.17) is 0 Å².